The lowest BCUT2D eigenvalue weighted by Gasteiger charge is -2.10. The van der Waals surface area contributed by atoms with Gasteiger partial charge in [-0.1, -0.05) is 48.5 Å². The Morgan fingerprint density at radius 2 is 1.52 bits per heavy atom. The quantitative estimate of drug-likeness (QED) is 0.605. The van der Waals surface area contributed by atoms with Crippen LogP contribution in [-0.2, 0) is 22.7 Å². The van der Waals surface area contributed by atoms with Crippen LogP contribution in [0.2, 0.25) is 0 Å². The van der Waals surface area contributed by atoms with Gasteiger partial charge in [0.1, 0.15) is 18.1 Å². The van der Waals surface area contributed by atoms with Crippen molar-refractivity contribution in [2.75, 3.05) is 12.4 Å². The van der Waals surface area contributed by atoms with E-state index in [1.54, 1.807) is 37.4 Å². The van der Waals surface area contributed by atoms with E-state index in [1.165, 1.54) is 0 Å². The molecule has 0 aliphatic rings. The van der Waals surface area contributed by atoms with Crippen LogP contribution in [0.3, 0.4) is 0 Å². The highest BCUT2D eigenvalue weighted by Gasteiger charge is 2.14. The van der Waals surface area contributed by atoms with Crippen molar-refractivity contribution < 1.29 is 19.1 Å². The molecule has 3 aromatic carbocycles. The third kappa shape index (κ3) is 5.84. The Morgan fingerprint density at radius 3 is 2.24 bits per heavy atom. The third-order valence-corrected chi connectivity index (χ3v) is 4.20. The van der Waals surface area contributed by atoms with Gasteiger partial charge in [0, 0.05) is 17.8 Å². The van der Waals surface area contributed by atoms with E-state index >= 15 is 0 Å². The lowest BCUT2D eigenvalue weighted by molar-refractivity contribution is -0.136. The number of carbonyl (C=O) groups excluding carboxylic acids is 2. The molecular formula is C23H22N2O4. The highest BCUT2D eigenvalue weighted by molar-refractivity contribution is 6.39. The zero-order chi connectivity index (χ0) is 20.5. The number of methoxy groups -OCH3 is 1. The normalized spacial score (nSPS) is 10.1. The number of ether oxygens (including phenoxy) is 2. The van der Waals surface area contributed by atoms with Gasteiger partial charge in [-0.05, 0) is 35.9 Å². The molecule has 6 heteroatoms. The summed E-state index contributed by atoms with van der Waals surface area (Å²) in [5.74, 6) is -0.134. The first-order valence-electron chi connectivity index (χ1n) is 9.13. The number of nitrogens with one attached hydrogen (secondary N) is 2. The Labute approximate surface area is 169 Å². The van der Waals surface area contributed by atoms with E-state index in [1.807, 2.05) is 48.5 Å². The number of anilines is 1. The lowest BCUT2D eigenvalue weighted by atomic mass is 10.2. The molecule has 3 rings (SSSR count). The van der Waals surface area contributed by atoms with E-state index in [9.17, 15) is 9.59 Å². The molecule has 148 valence electrons. The van der Waals surface area contributed by atoms with Crippen LogP contribution in [0.1, 0.15) is 11.1 Å². The molecule has 2 amide bonds. The van der Waals surface area contributed by atoms with Crippen LogP contribution in [0.25, 0.3) is 0 Å². The maximum absolute atomic E-state index is 12.1. The van der Waals surface area contributed by atoms with Gasteiger partial charge in [-0.15, -0.1) is 0 Å². The van der Waals surface area contributed by atoms with Crippen LogP contribution in [0, 0.1) is 0 Å². The molecule has 2 N–H and O–H groups in total. The summed E-state index contributed by atoms with van der Waals surface area (Å²) in [6, 6.07) is 24.0. The molecule has 29 heavy (non-hydrogen) atoms. The molecule has 3 aromatic rings. The monoisotopic (exact) mass is 390 g/mol. The molecule has 0 atom stereocenters. The second kappa shape index (κ2) is 9.94. The molecule has 0 fully saturated rings. The van der Waals surface area contributed by atoms with Gasteiger partial charge in [0.25, 0.3) is 0 Å². The number of rotatable bonds is 7. The van der Waals surface area contributed by atoms with Crippen molar-refractivity contribution in [2.45, 2.75) is 13.2 Å². The Kier molecular flexibility index (Phi) is 6.84. The van der Waals surface area contributed by atoms with E-state index in [0.29, 0.717) is 23.8 Å². The Hall–Kier alpha value is -3.80. The molecule has 6 nitrogen and oxygen atoms in total. The molecule has 0 saturated carbocycles. The maximum atomic E-state index is 12.1. The fourth-order valence-corrected chi connectivity index (χ4v) is 2.67. The number of amides is 2. The van der Waals surface area contributed by atoms with Crippen molar-refractivity contribution in [3.8, 4) is 11.5 Å². The van der Waals surface area contributed by atoms with E-state index in [0.717, 1.165) is 11.1 Å². The fraction of sp³-hybridized carbons (Fsp3) is 0.130. The first-order valence-corrected chi connectivity index (χ1v) is 9.13. The van der Waals surface area contributed by atoms with Crippen LogP contribution in [0.4, 0.5) is 5.69 Å². The summed E-state index contributed by atoms with van der Waals surface area (Å²) in [6.45, 7) is 0.653. The van der Waals surface area contributed by atoms with E-state index in [2.05, 4.69) is 10.6 Å². The van der Waals surface area contributed by atoms with Crippen LogP contribution in [0.5, 0.6) is 11.5 Å². The van der Waals surface area contributed by atoms with Crippen molar-refractivity contribution in [1.82, 2.24) is 5.32 Å². The summed E-state index contributed by atoms with van der Waals surface area (Å²) in [5, 5.41) is 5.16. The zero-order valence-electron chi connectivity index (χ0n) is 16.1. The Balaban J connectivity index is 1.48. The average molecular weight is 390 g/mol. The van der Waals surface area contributed by atoms with Crippen LogP contribution in [0.15, 0.2) is 78.9 Å². The summed E-state index contributed by atoms with van der Waals surface area (Å²) in [6.07, 6.45) is 0. The molecule has 0 heterocycles. The average Bonchev–Trinajstić information content (AvgIpc) is 2.77. The molecule has 0 spiro atoms. The predicted molar refractivity (Wildman–Crippen MR) is 111 cm³/mol. The van der Waals surface area contributed by atoms with Crippen molar-refractivity contribution in [2.24, 2.45) is 0 Å². The second-order valence-corrected chi connectivity index (χ2v) is 6.25. The lowest BCUT2D eigenvalue weighted by Crippen LogP contribution is -2.35. The van der Waals surface area contributed by atoms with Gasteiger partial charge in [-0.3, -0.25) is 9.59 Å². The van der Waals surface area contributed by atoms with Crippen LogP contribution in [-0.4, -0.2) is 18.9 Å². The highest BCUT2D eigenvalue weighted by atomic mass is 16.5. The molecule has 0 saturated heterocycles. The zero-order valence-corrected chi connectivity index (χ0v) is 16.1. The van der Waals surface area contributed by atoms with Gasteiger partial charge in [0.05, 0.1) is 7.11 Å². The van der Waals surface area contributed by atoms with E-state index in [-0.39, 0.29) is 6.54 Å². The summed E-state index contributed by atoms with van der Waals surface area (Å²) in [7, 11) is 1.56. The van der Waals surface area contributed by atoms with Crippen LogP contribution < -0.4 is 20.1 Å². The van der Waals surface area contributed by atoms with Gasteiger partial charge < -0.3 is 20.1 Å². The number of hydrogen-bond donors (Lipinski definition) is 2. The highest BCUT2D eigenvalue weighted by Crippen LogP contribution is 2.18. The first-order chi connectivity index (χ1) is 14.2. The standard InChI is InChI=1S/C23H22N2O4/c1-28-21-10-6-5-9-18(21)15-24-22(26)23(27)25-19-11-13-20(14-12-19)29-16-17-7-3-2-4-8-17/h2-14H,15-16H2,1H3,(H,24,26)(H,25,27). The Bertz CT molecular complexity index is 956. The van der Waals surface area contributed by atoms with E-state index in [4.69, 9.17) is 9.47 Å². The SMILES string of the molecule is COc1ccccc1CNC(=O)C(=O)Nc1ccc(OCc2ccccc2)cc1. The summed E-state index contributed by atoms with van der Waals surface area (Å²) in [4.78, 5) is 24.2. The van der Waals surface area contributed by atoms with Gasteiger partial charge in [-0.2, -0.15) is 0 Å². The summed E-state index contributed by atoms with van der Waals surface area (Å²) in [5.41, 5.74) is 2.36. The van der Waals surface area contributed by atoms with Gasteiger partial charge in [-0.25, -0.2) is 0 Å². The smallest absolute Gasteiger partial charge is 0.313 e. The topological polar surface area (TPSA) is 76.7 Å². The molecule has 0 aliphatic carbocycles. The number of hydrogen-bond acceptors (Lipinski definition) is 4. The van der Waals surface area contributed by atoms with Crippen molar-refractivity contribution in [3.63, 3.8) is 0 Å². The van der Waals surface area contributed by atoms with Gasteiger partial charge in [0.2, 0.25) is 0 Å². The minimum absolute atomic E-state index is 0.197. The predicted octanol–water partition coefficient (Wildman–Crippen LogP) is 3.53. The minimum atomic E-state index is -0.738. The molecule has 0 aliphatic heterocycles. The molecule has 0 aromatic heterocycles. The Morgan fingerprint density at radius 1 is 0.828 bits per heavy atom. The summed E-state index contributed by atoms with van der Waals surface area (Å²) < 4.78 is 10.9. The van der Waals surface area contributed by atoms with Crippen molar-refractivity contribution in [1.29, 1.82) is 0 Å². The van der Waals surface area contributed by atoms with Crippen molar-refractivity contribution >= 4 is 17.5 Å². The first kappa shape index (κ1) is 19.9. The third-order valence-electron chi connectivity index (χ3n) is 4.20. The maximum Gasteiger partial charge on any atom is 0.313 e. The van der Waals surface area contributed by atoms with Gasteiger partial charge in [0.15, 0.2) is 0 Å². The fourth-order valence-electron chi connectivity index (χ4n) is 2.67. The molecular weight excluding hydrogens is 368 g/mol. The van der Waals surface area contributed by atoms with Gasteiger partial charge >= 0.3 is 11.8 Å². The summed E-state index contributed by atoms with van der Waals surface area (Å²) >= 11 is 0. The molecule has 0 radical (unpaired) electrons. The van der Waals surface area contributed by atoms with Crippen LogP contribution >= 0.6 is 0 Å². The number of para-hydroxylation sites is 1. The largest absolute Gasteiger partial charge is 0.496 e. The molecule has 0 bridgehead atoms. The van der Waals surface area contributed by atoms with E-state index < -0.39 is 11.8 Å². The minimum Gasteiger partial charge on any atom is -0.496 e. The molecule has 0 unspecified atom stereocenters. The second-order valence-electron chi connectivity index (χ2n) is 6.25. The number of carbonyl (C=O) groups is 2. The number of benzene rings is 3. The van der Waals surface area contributed by atoms with Crippen molar-refractivity contribution in [3.05, 3.63) is 90.0 Å².